The molecular weight excluding hydrogens is 248 g/mol. The Morgan fingerprint density at radius 1 is 1.05 bits per heavy atom. The van der Waals surface area contributed by atoms with E-state index in [1.54, 1.807) is 11.8 Å². The quantitative estimate of drug-likeness (QED) is 0.683. The lowest BCUT2D eigenvalue weighted by Crippen LogP contribution is -1.88. The lowest BCUT2D eigenvalue weighted by Gasteiger charge is -2.06. The third-order valence-corrected chi connectivity index (χ3v) is 4.67. The van der Waals surface area contributed by atoms with Gasteiger partial charge in [0, 0.05) is 4.90 Å². The van der Waals surface area contributed by atoms with Crippen molar-refractivity contribution in [1.29, 1.82) is 0 Å². The molecule has 1 aliphatic rings. The number of benzene rings is 2. The molecule has 0 bridgehead atoms. The molecule has 19 heavy (non-hydrogen) atoms. The van der Waals surface area contributed by atoms with E-state index in [4.69, 9.17) is 0 Å². The van der Waals surface area contributed by atoms with Crippen molar-refractivity contribution in [2.45, 2.75) is 17.2 Å². The topological polar surface area (TPSA) is 0 Å². The van der Waals surface area contributed by atoms with E-state index < -0.39 is 0 Å². The summed E-state index contributed by atoms with van der Waals surface area (Å²) in [6.45, 7) is 4.31. The predicted octanol–water partition coefficient (Wildman–Crippen LogP) is 5.23. The minimum Gasteiger partial charge on any atom is -0.130 e. The summed E-state index contributed by atoms with van der Waals surface area (Å²) >= 11 is 1.78. The highest BCUT2D eigenvalue weighted by Gasteiger charge is 2.40. The SMILES string of the molecule is C=C(c1ccc(SC)cc1)[C@H]1C[C@@H]1c1ccccc1. The van der Waals surface area contributed by atoms with Gasteiger partial charge in [0.2, 0.25) is 0 Å². The summed E-state index contributed by atoms with van der Waals surface area (Å²) in [5.74, 6) is 1.30. The molecule has 3 rings (SSSR count). The summed E-state index contributed by atoms with van der Waals surface area (Å²) < 4.78 is 0. The Kier molecular flexibility index (Phi) is 3.48. The molecule has 1 fully saturated rings. The van der Waals surface area contributed by atoms with Crippen LogP contribution in [0.25, 0.3) is 5.57 Å². The summed E-state index contributed by atoms with van der Waals surface area (Å²) in [7, 11) is 0. The number of rotatable bonds is 4. The van der Waals surface area contributed by atoms with Gasteiger partial charge in [-0.15, -0.1) is 11.8 Å². The number of hydrogen-bond acceptors (Lipinski definition) is 1. The van der Waals surface area contributed by atoms with Gasteiger partial charge in [-0.2, -0.15) is 0 Å². The van der Waals surface area contributed by atoms with E-state index in [2.05, 4.69) is 67.4 Å². The first-order valence-electron chi connectivity index (χ1n) is 6.68. The van der Waals surface area contributed by atoms with E-state index in [9.17, 15) is 0 Å². The van der Waals surface area contributed by atoms with Crippen LogP contribution in [0.5, 0.6) is 0 Å². The van der Waals surface area contributed by atoms with Crippen LogP contribution in [0.3, 0.4) is 0 Å². The second-order valence-corrected chi connectivity index (χ2v) is 5.99. The number of thioether (sulfide) groups is 1. The van der Waals surface area contributed by atoms with Crippen LogP contribution in [0.15, 0.2) is 66.1 Å². The minimum atomic E-state index is 0.627. The largest absolute Gasteiger partial charge is 0.130 e. The molecule has 96 valence electrons. The molecule has 0 nitrogen and oxygen atoms in total. The number of allylic oxidation sites excluding steroid dienone is 1. The molecule has 1 heteroatoms. The Balaban J connectivity index is 1.72. The average Bonchev–Trinajstić information content (AvgIpc) is 3.28. The summed E-state index contributed by atoms with van der Waals surface area (Å²) in [6.07, 6.45) is 3.35. The van der Waals surface area contributed by atoms with Gasteiger partial charge in [-0.1, -0.05) is 49.0 Å². The van der Waals surface area contributed by atoms with Crippen molar-refractivity contribution in [3.05, 3.63) is 72.3 Å². The highest BCUT2D eigenvalue weighted by atomic mass is 32.2. The van der Waals surface area contributed by atoms with Crippen LogP contribution >= 0.6 is 11.8 Å². The van der Waals surface area contributed by atoms with Gasteiger partial charge in [-0.3, -0.25) is 0 Å². The average molecular weight is 266 g/mol. The van der Waals surface area contributed by atoms with Crippen LogP contribution < -0.4 is 0 Å². The minimum absolute atomic E-state index is 0.627. The van der Waals surface area contributed by atoms with Gasteiger partial charge in [-0.25, -0.2) is 0 Å². The van der Waals surface area contributed by atoms with Gasteiger partial charge in [-0.05, 0) is 53.3 Å². The van der Waals surface area contributed by atoms with E-state index in [-0.39, 0.29) is 0 Å². The Labute approximate surface area is 119 Å². The molecule has 0 amide bonds. The number of hydrogen-bond donors (Lipinski definition) is 0. The van der Waals surface area contributed by atoms with Crippen LogP contribution in [0.4, 0.5) is 0 Å². The second-order valence-electron chi connectivity index (χ2n) is 5.11. The maximum Gasteiger partial charge on any atom is 0.00695 e. The van der Waals surface area contributed by atoms with Crippen LogP contribution in [0.1, 0.15) is 23.5 Å². The first kappa shape index (κ1) is 12.6. The van der Waals surface area contributed by atoms with Crippen LogP contribution in [-0.2, 0) is 0 Å². The summed E-state index contributed by atoms with van der Waals surface area (Å²) in [6, 6.07) is 19.6. The van der Waals surface area contributed by atoms with E-state index in [1.807, 2.05) is 0 Å². The molecule has 2 atom stereocenters. The van der Waals surface area contributed by atoms with Gasteiger partial charge in [0.15, 0.2) is 0 Å². The molecular formula is C18H18S. The lowest BCUT2D eigenvalue weighted by atomic mass is 10.00. The fourth-order valence-corrected chi connectivity index (χ4v) is 3.08. The fraction of sp³-hybridized carbons (Fsp3) is 0.222. The van der Waals surface area contributed by atoms with Crippen molar-refractivity contribution in [1.82, 2.24) is 0 Å². The van der Waals surface area contributed by atoms with Crippen LogP contribution in [-0.4, -0.2) is 6.26 Å². The predicted molar refractivity (Wildman–Crippen MR) is 84.5 cm³/mol. The van der Waals surface area contributed by atoms with Gasteiger partial charge in [0.05, 0.1) is 0 Å². The molecule has 0 aliphatic heterocycles. The molecule has 0 unspecified atom stereocenters. The summed E-state index contributed by atoms with van der Waals surface area (Å²) in [5.41, 5.74) is 4.04. The van der Waals surface area contributed by atoms with Gasteiger partial charge in [0.25, 0.3) is 0 Å². The molecule has 2 aromatic carbocycles. The fourth-order valence-electron chi connectivity index (χ4n) is 2.67. The van der Waals surface area contributed by atoms with Gasteiger partial charge >= 0.3 is 0 Å². The monoisotopic (exact) mass is 266 g/mol. The van der Waals surface area contributed by atoms with Crippen molar-refractivity contribution in [3.63, 3.8) is 0 Å². The van der Waals surface area contributed by atoms with Gasteiger partial charge < -0.3 is 0 Å². The molecule has 1 aliphatic carbocycles. The zero-order valence-electron chi connectivity index (χ0n) is 11.2. The third kappa shape index (κ3) is 2.62. The van der Waals surface area contributed by atoms with Crippen molar-refractivity contribution >= 4 is 17.3 Å². The van der Waals surface area contributed by atoms with Crippen molar-refractivity contribution in [3.8, 4) is 0 Å². The first-order chi connectivity index (χ1) is 9.29. The van der Waals surface area contributed by atoms with E-state index in [0.717, 1.165) is 0 Å². The van der Waals surface area contributed by atoms with Crippen molar-refractivity contribution in [2.75, 3.05) is 6.26 Å². The highest BCUT2D eigenvalue weighted by Crippen LogP contribution is 2.53. The molecule has 0 saturated heterocycles. The molecule has 0 aromatic heterocycles. The lowest BCUT2D eigenvalue weighted by molar-refractivity contribution is 1.03. The van der Waals surface area contributed by atoms with Crippen molar-refractivity contribution in [2.24, 2.45) is 5.92 Å². The molecule has 0 N–H and O–H groups in total. The standard InChI is InChI=1S/C18H18S/c1-13(14-8-10-16(19-2)11-9-14)17-12-18(17)15-6-4-3-5-7-15/h3-11,17-18H,1,12H2,2H3/t17-,18-/m1/s1. The zero-order chi connectivity index (χ0) is 13.2. The summed E-state index contributed by atoms with van der Waals surface area (Å²) in [5, 5.41) is 0. The maximum absolute atomic E-state index is 4.31. The van der Waals surface area contributed by atoms with Gasteiger partial charge in [0.1, 0.15) is 0 Å². The van der Waals surface area contributed by atoms with E-state index >= 15 is 0 Å². The Bertz CT molecular complexity index is 568. The smallest absolute Gasteiger partial charge is 0.00695 e. The molecule has 1 saturated carbocycles. The zero-order valence-corrected chi connectivity index (χ0v) is 12.0. The molecule has 0 radical (unpaired) electrons. The first-order valence-corrected chi connectivity index (χ1v) is 7.90. The van der Waals surface area contributed by atoms with Crippen LogP contribution in [0.2, 0.25) is 0 Å². The Morgan fingerprint density at radius 3 is 2.37 bits per heavy atom. The summed E-state index contributed by atoms with van der Waals surface area (Å²) in [4.78, 5) is 1.31. The Morgan fingerprint density at radius 2 is 1.74 bits per heavy atom. The van der Waals surface area contributed by atoms with Crippen molar-refractivity contribution < 1.29 is 0 Å². The molecule has 2 aromatic rings. The van der Waals surface area contributed by atoms with Crippen LogP contribution in [0, 0.1) is 5.92 Å². The normalized spacial score (nSPS) is 21.1. The highest BCUT2D eigenvalue weighted by molar-refractivity contribution is 7.98. The Hall–Kier alpha value is -1.47. The molecule has 0 spiro atoms. The second kappa shape index (κ2) is 5.26. The van der Waals surface area contributed by atoms with E-state index in [0.29, 0.717) is 11.8 Å². The third-order valence-electron chi connectivity index (χ3n) is 3.93. The maximum atomic E-state index is 4.31. The molecule has 0 heterocycles. The van der Waals surface area contributed by atoms with E-state index in [1.165, 1.54) is 28.0 Å².